The van der Waals surface area contributed by atoms with Gasteiger partial charge in [0.15, 0.2) is 0 Å². The van der Waals surface area contributed by atoms with E-state index in [0.29, 0.717) is 23.1 Å². The summed E-state index contributed by atoms with van der Waals surface area (Å²) in [6.07, 6.45) is 0. The largest absolute Gasteiger partial charge is 0.489 e. The lowest BCUT2D eigenvalue weighted by Crippen LogP contribution is -2.21. The van der Waals surface area contributed by atoms with E-state index in [0.717, 1.165) is 11.3 Å². The maximum absolute atomic E-state index is 12.0. The van der Waals surface area contributed by atoms with Crippen LogP contribution in [0.1, 0.15) is 6.92 Å². The van der Waals surface area contributed by atoms with E-state index in [1.165, 1.54) is 0 Å². The number of amides is 1. The molecule has 1 amide bonds. The van der Waals surface area contributed by atoms with Gasteiger partial charge < -0.3 is 15.4 Å². The van der Waals surface area contributed by atoms with E-state index in [1.54, 1.807) is 18.2 Å². The molecule has 0 bridgehead atoms. The Hall–Kier alpha value is -2.46. The van der Waals surface area contributed by atoms with Crippen molar-refractivity contribution in [1.29, 1.82) is 0 Å². The van der Waals surface area contributed by atoms with Gasteiger partial charge in [0.25, 0.3) is 0 Å². The van der Waals surface area contributed by atoms with Crippen LogP contribution in [0.5, 0.6) is 5.75 Å². The Balaban J connectivity index is 1.86. The molecule has 2 N–H and O–H groups in total. The normalized spacial score (nSPS) is 10.0. The van der Waals surface area contributed by atoms with Crippen molar-refractivity contribution < 1.29 is 9.53 Å². The van der Waals surface area contributed by atoms with E-state index in [2.05, 4.69) is 17.2 Å². The number of anilines is 2. The summed E-state index contributed by atoms with van der Waals surface area (Å²) in [6.45, 7) is 6.30. The zero-order valence-corrected chi connectivity index (χ0v) is 13.7. The van der Waals surface area contributed by atoms with Crippen LogP contribution in [0.15, 0.2) is 60.7 Å². The fraction of sp³-hybridized carbons (Fsp3) is 0.167. The Morgan fingerprint density at radius 3 is 2.61 bits per heavy atom. The number of carbonyl (C=O) groups is 1. The molecule has 0 heterocycles. The van der Waals surface area contributed by atoms with Gasteiger partial charge in [0, 0.05) is 22.5 Å². The van der Waals surface area contributed by atoms with E-state index in [9.17, 15) is 4.79 Å². The number of ether oxygens (including phenoxy) is 1. The highest BCUT2D eigenvalue weighted by Crippen LogP contribution is 2.18. The minimum atomic E-state index is -0.142. The average Bonchev–Trinajstić information content (AvgIpc) is 2.53. The third-order valence-corrected chi connectivity index (χ3v) is 3.15. The Morgan fingerprint density at radius 2 is 1.91 bits per heavy atom. The van der Waals surface area contributed by atoms with Gasteiger partial charge >= 0.3 is 0 Å². The maximum atomic E-state index is 12.0. The summed E-state index contributed by atoms with van der Waals surface area (Å²) in [6, 6.07) is 14.4. The zero-order valence-electron chi connectivity index (χ0n) is 12.9. The van der Waals surface area contributed by atoms with Crippen LogP contribution >= 0.6 is 11.6 Å². The van der Waals surface area contributed by atoms with Gasteiger partial charge in [-0.3, -0.25) is 4.79 Å². The van der Waals surface area contributed by atoms with E-state index in [-0.39, 0.29) is 12.5 Å². The van der Waals surface area contributed by atoms with Gasteiger partial charge in [-0.15, -0.1) is 0 Å². The van der Waals surface area contributed by atoms with Crippen molar-refractivity contribution in [2.24, 2.45) is 0 Å². The van der Waals surface area contributed by atoms with Crippen LogP contribution < -0.4 is 15.4 Å². The van der Waals surface area contributed by atoms with Crippen molar-refractivity contribution in [3.05, 3.63) is 65.7 Å². The molecule has 4 nitrogen and oxygen atoms in total. The third kappa shape index (κ3) is 6.04. The van der Waals surface area contributed by atoms with Crippen LogP contribution in [0.4, 0.5) is 11.4 Å². The fourth-order valence-electron chi connectivity index (χ4n) is 1.83. The van der Waals surface area contributed by atoms with Crippen molar-refractivity contribution in [2.75, 3.05) is 23.8 Å². The second kappa shape index (κ2) is 8.25. The fourth-order valence-corrected chi connectivity index (χ4v) is 1.95. The predicted octanol–water partition coefficient (Wildman–Crippen LogP) is 4.35. The molecule has 5 heteroatoms. The molecule has 0 unspecified atom stereocenters. The van der Waals surface area contributed by atoms with Gasteiger partial charge in [0.1, 0.15) is 12.4 Å². The SMILES string of the molecule is C=C(C)COc1cccc(NC(=O)CNc2ccc(Cl)cc2)c1. The molecule has 0 saturated heterocycles. The van der Waals surface area contributed by atoms with E-state index >= 15 is 0 Å². The molecule has 0 radical (unpaired) electrons. The van der Waals surface area contributed by atoms with Crippen molar-refractivity contribution >= 4 is 28.9 Å². The van der Waals surface area contributed by atoms with Crippen LogP contribution in [-0.2, 0) is 4.79 Å². The van der Waals surface area contributed by atoms with Crippen LogP contribution in [-0.4, -0.2) is 19.1 Å². The molecule has 0 atom stereocenters. The molecular weight excluding hydrogens is 312 g/mol. The monoisotopic (exact) mass is 330 g/mol. The number of hydrogen-bond acceptors (Lipinski definition) is 3. The summed E-state index contributed by atoms with van der Waals surface area (Å²) in [5, 5.41) is 6.51. The van der Waals surface area contributed by atoms with Crippen molar-refractivity contribution in [2.45, 2.75) is 6.92 Å². The molecule has 2 rings (SSSR count). The number of halogens is 1. The molecule has 23 heavy (non-hydrogen) atoms. The van der Waals surface area contributed by atoms with Gasteiger partial charge in [-0.2, -0.15) is 0 Å². The number of carbonyl (C=O) groups excluding carboxylic acids is 1. The topological polar surface area (TPSA) is 50.4 Å². The summed E-state index contributed by atoms with van der Waals surface area (Å²) >= 11 is 5.82. The molecule has 0 aliphatic heterocycles. The zero-order chi connectivity index (χ0) is 16.7. The minimum absolute atomic E-state index is 0.142. The summed E-state index contributed by atoms with van der Waals surface area (Å²) in [5.41, 5.74) is 2.46. The van der Waals surface area contributed by atoms with Gasteiger partial charge in [-0.25, -0.2) is 0 Å². The first-order valence-electron chi connectivity index (χ1n) is 7.19. The Morgan fingerprint density at radius 1 is 1.17 bits per heavy atom. The lowest BCUT2D eigenvalue weighted by atomic mass is 10.3. The van der Waals surface area contributed by atoms with Gasteiger partial charge in [-0.1, -0.05) is 24.2 Å². The quantitative estimate of drug-likeness (QED) is 0.742. The summed E-state index contributed by atoms with van der Waals surface area (Å²) in [4.78, 5) is 12.0. The molecule has 0 spiro atoms. The summed E-state index contributed by atoms with van der Waals surface area (Å²) in [7, 11) is 0. The molecule has 0 saturated carbocycles. The Bertz CT molecular complexity index is 684. The second-order valence-corrected chi connectivity index (χ2v) is 5.62. The van der Waals surface area contributed by atoms with Crippen LogP contribution in [0.2, 0.25) is 5.02 Å². The van der Waals surface area contributed by atoms with E-state index in [1.807, 2.05) is 37.3 Å². The summed E-state index contributed by atoms with van der Waals surface area (Å²) < 4.78 is 5.55. The molecule has 2 aromatic rings. The van der Waals surface area contributed by atoms with Gasteiger partial charge in [-0.05, 0) is 48.9 Å². The van der Waals surface area contributed by atoms with Crippen LogP contribution in [0, 0.1) is 0 Å². The van der Waals surface area contributed by atoms with Crippen molar-refractivity contribution in [3.8, 4) is 5.75 Å². The molecule has 0 aliphatic carbocycles. The smallest absolute Gasteiger partial charge is 0.243 e. The maximum Gasteiger partial charge on any atom is 0.243 e. The predicted molar refractivity (Wildman–Crippen MR) is 95.3 cm³/mol. The van der Waals surface area contributed by atoms with Gasteiger partial charge in [0.05, 0.1) is 6.54 Å². The highest BCUT2D eigenvalue weighted by atomic mass is 35.5. The number of rotatable bonds is 7. The standard InChI is InChI=1S/C18H19ClN2O2/c1-13(2)12-23-17-5-3-4-16(10-17)21-18(22)11-20-15-8-6-14(19)7-9-15/h3-10,20H,1,11-12H2,2H3,(H,21,22). The number of hydrogen-bond donors (Lipinski definition) is 2. The Labute approximate surface area is 141 Å². The average molecular weight is 331 g/mol. The molecule has 2 aromatic carbocycles. The molecule has 0 fully saturated rings. The highest BCUT2D eigenvalue weighted by Gasteiger charge is 2.04. The van der Waals surface area contributed by atoms with Crippen LogP contribution in [0.25, 0.3) is 0 Å². The van der Waals surface area contributed by atoms with Crippen LogP contribution in [0.3, 0.4) is 0 Å². The van der Waals surface area contributed by atoms with Gasteiger partial charge in [0.2, 0.25) is 5.91 Å². The van der Waals surface area contributed by atoms with Crippen molar-refractivity contribution in [3.63, 3.8) is 0 Å². The highest BCUT2D eigenvalue weighted by molar-refractivity contribution is 6.30. The number of benzene rings is 2. The third-order valence-electron chi connectivity index (χ3n) is 2.90. The lowest BCUT2D eigenvalue weighted by Gasteiger charge is -2.10. The minimum Gasteiger partial charge on any atom is -0.489 e. The molecule has 0 aromatic heterocycles. The Kier molecular flexibility index (Phi) is 6.06. The second-order valence-electron chi connectivity index (χ2n) is 5.18. The molecule has 120 valence electrons. The first-order chi connectivity index (χ1) is 11.0. The lowest BCUT2D eigenvalue weighted by molar-refractivity contribution is -0.114. The molecule has 0 aliphatic rings. The van der Waals surface area contributed by atoms with E-state index in [4.69, 9.17) is 16.3 Å². The van der Waals surface area contributed by atoms with Crippen molar-refractivity contribution in [1.82, 2.24) is 0 Å². The molecular formula is C18H19ClN2O2. The van der Waals surface area contributed by atoms with E-state index < -0.39 is 0 Å². The first-order valence-corrected chi connectivity index (χ1v) is 7.57. The summed E-state index contributed by atoms with van der Waals surface area (Å²) in [5.74, 6) is 0.550. The number of nitrogens with one attached hydrogen (secondary N) is 2. The first kappa shape index (κ1) is 16.9.